The fourth-order valence-electron chi connectivity index (χ4n) is 3.45. The van der Waals surface area contributed by atoms with Gasteiger partial charge < -0.3 is 9.80 Å². The second-order valence-corrected chi connectivity index (χ2v) is 8.88. The van der Waals surface area contributed by atoms with Crippen LogP contribution in [0.1, 0.15) is 32.1 Å². The SMILES string of the molecule is CS(=O)(=O)N(CCN1CCCCC1)C1CN(C(=O)C2CC2)C1. The van der Waals surface area contributed by atoms with Crippen LogP contribution >= 0.6 is 0 Å². The molecule has 0 radical (unpaired) electrons. The summed E-state index contributed by atoms with van der Waals surface area (Å²) >= 11 is 0. The molecule has 1 saturated carbocycles. The average molecular weight is 329 g/mol. The van der Waals surface area contributed by atoms with Gasteiger partial charge in [-0.1, -0.05) is 6.42 Å². The molecule has 1 amide bonds. The van der Waals surface area contributed by atoms with E-state index in [1.807, 2.05) is 4.90 Å². The van der Waals surface area contributed by atoms with Crippen LogP contribution in [0, 0.1) is 5.92 Å². The molecule has 0 aromatic carbocycles. The number of hydrogen-bond acceptors (Lipinski definition) is 4. The maximum atomic E-state index is 12.1. The van der Waals surface area contributed by atoms with Gasteiger partial charge in [0.05, 0.1) is 12.3 Å². The van der Waals surface area contributed by atoms with Crippen LogP contribution in [0.5, 0.6) is 0 Å². The molecule has 6 nitrogen and oxygen atoms in total. The fourth-order valence-corrected chi connectivity index (χ4v) is 4.54. The zero-order valence-corrected chi connectivity index (χ0v) is 14.2. The van der Waals surface area contributed by atoms with Crippen molar-refractivity contribution in [3.63, 3.8) is 0 Å². The number of hydrogen-bond donors (Lipinski definition) is 0. The minimum Gasteiger partial charge on any atom is -0.339 e. The minimum absolute atomic E-state index is 0.0255. The Labute approximate surface area is 133 Å². The van der Waals surface area contributed by atoms with Gasteiger partial charge in [-0.25, -0.2) is 8.42 Å². The van der Waals surface area contributed by atoms with Gasteiger partial charge in [0.1, 0.15) is 0 Å². The van der Waals surface area contributed by atoms with Crippen molar-refractivity contribution in [2.75, 3.05) is 45.5 Å². The van der Waals surface area contributed by atoms with Crippen molar-refractivity contribution in [2.24, 2.45) is 5.92 Å². The highest BCUT2D eigenvalue weighted by molar-refractivity contribution is 7.88. The Morgan fingerprint density at radius 2 is 1.77 bits per heavy atom. The molecule has 2 saturated heterocycles. The van der Waals surface area contributed by atoms with E-state index >= 15 is 0 Å². The molecule has 0 atom stereocenters. The molecule has 0 aromatic rings. The van der Waals surface area contributed by atoms with Gasteiger partial charge in [0.2, 0.25) is 15.9 Å². The number of piperidine rings is 1. The summed E-state index contributed by atoms with van der Waals surface area (Å²) in [6.07, 6.45) is 7.01. The largest absolute Gasteiger partial charge is 0.339 e. The number of nitrogens with zero attached hydrogens (tertiary/aromatic N) is 3. The minimum atomic E-state index is -3.21. The molecule has 3 rings (SSSR count). The molecule has 3 fully saturated rings. The summed E-state index contributed by atoms with van der Waals surface area (Å²) in [5.74, 6) is 0.446. The Morgan fingerprint density at radius 1 is 1.14 bits per heavy atom. The standard InChI is InChI=1S/C15H27N3O3S/c1-22(20,21)18(10-9-16-7-3-2-4-8-16)14-11-17(12-14)15(19)13-5-6-13/h13-14H,2-12H2,1H3. The topological polar surface area (TPSA) is 60.9 Å². The zero-order valence-electron chi connectivity index (χ0n) is 13.4. The molecule has 2 aliphatic heterocycles. The smallest absolute Gasteiger partial charge is 0.225 e. The van der Waals surface area contributed by atoms with Crippen LogP contribution in [0.3, 0.4) is 0 Å². The van der Waals surface area contributed by atoms with Gasteiger partial charge in [-0.05, 0) is 38.8 Å². The summed E-state index contributed by atoms with van der Waals surface area (Å²) in [4.78, 5) is 16.1. The molecule has 0 unspecified atom stereocenters. The molecule has 0 bridgehead atoms. The van der Waals surface area contributed by atoms with Gasteiger partial charge in [0, 0.05) is 32.1 Å². The molecule has 0 N–H and O–H groups in total. The first-order valence-electron chi connectivity index (χ1n) is 8.43. The summed E-state index contributed by atoms with van der Waals surface area (Å²) in [6, 6.07) is -0.0255. The normalized spacial score (nSPS) is 24.5. The molecule has 22 heavy (non-hydrogen) atoms. The number of carbonyl (C=O) groups is 1. The first-order chi connectivity index (χ1) is 10.4. The van der Waals surface area contributed by atoms with E-state index in [0.29, 0.717) is 19.6 Å². The summed E-state index contributed by atoms with van der Waals surface area (Å²) in [5, 5.41) is 0. The van der Waals surface area contributed by atoms with Gasteiger partial charge in [0.15, 0.2) is 0 Å². The van der Waals surface area contributed by atoms with Crippen LogP contribution in [0.25, 0.3) is 0 Å². The maximum absolute atomic E-state index is 12.1. The molecule has 1 aliphatic carbocycles. The van der Waals surface area contributed by atoms with Gasteiger partial charge in [-0.2, -0.15) is 4.31 Å². The van der Waals surface area contributed by atoms with E-state index in [0.717, 1.165) is 32.5 Å². The first kappa shape index (κ1) is 16.2. The lowest BCUT2D eigenvalue weighted by Gasteiger charge is -2.45. The van der Waals surface area contributed by atoms with Crippen molar-refractivity contribution in [1.29, 1.82) is 0 Å². The first-order valence-corrected chi connectivity index (χ1v) is 10.3. The van der Waals surface area contributed by atoms with Crippen LogP contribution in [0.2, 0.25) is 0 Å². The third-order valence-electron chi connectivity index (χ3n) is 5.02. The highest BCUT2D eigenvalue weighted by Gasteiger charge is 2.43. The van der Waals surface area contributed by atoms with Crippen LogP contribution in [-0.2, 0) is 14.8 Å². The fraction of sp³-hybridized carbons (Fsp3) is 0.933. The molecule has 7 heteroatoms. The quantitative estimate of drug-likeness (QED) is 0.706. The van der Waals surface area contributed by atoms with Crippen LogP contribution in [0.4, 0.5) is 0 Å². The van der Waals surface area contributed by atoms with E-state index in [2.05, 4.69) is 4.90 Å². The second-order valence-electron chi connectivity index (χ2n) is 6.95. The van der Waals surface area contributed by atoms with Gasteiger partial charge in [-0.3, -0.25) is 4.79 Å². The Morgan fingerprint density at radius 3 is 2.32 bits per heavy atom. The summed E-state index contributed by atoms with van der Waals surface area (Å²) in [6.45, 7) is 4.66. The molecule has 0 aromatic heterocycles. The Kier molecular flexibility index (Phi) is 4.75. The monoisotopic (exact) mass is 329 g/mol. The molecular formula is C15H27N3O3S. The molecule has 0 spiro atoms. The van der Waals surface area contributed by atoms with E-state index in [-0.39, 0.29) is 17.9 Å². The maximum Gasteiger partial charge on any atom is 0.225 e. The van der Waals surface area contributed by atoms with Crippen molar-refractivity contribution in [2.45, 2.75) is 38.1 Å². The van der Waals surface area contributed by atoms with Gasteiger partial charge in [-0.15, -0.1) is 0 Å². The summed E-state index contributed by atoms with van der Waals surface area (Å²) < 4.78 is 25.7. The summed E-state index contributed by atoms with van der Waals surface area (Å²) in [5.41, 5.74) is 0. The third kappa shape index (κ3) is 3.81. The van der Waals surface area contributed by atoms with E-state index in [9.17, 15) is 13.2 Å². The van der Waals surface area contributed by atoms with Crippen molar-refractivity contribution in [3.05, 3.63) is 0 Å². The highest BCUT2D eigenvalue weighted by atomic mass is 32.2. The Balaban J connectivity index is 1.51. The van der Waals surface area contributed by atoms with Crippen molar-refractivity contribution >= 4 is 15.9 Å². The number of sulfonamides is 1. The zero-order chi connectivity index (χ0) is 15.7. The Bertz CT molecular complexity index is 506. The number of amides is 1. The van der Waals surface area contributed by atoms with Gasteiger partial charge >= 0.3 is 0 Å². The van der Waals surface area contributed by atoms with Crippen LogP contribution < -0.4 is 0 Å². The lowest BCUT2D eigenvalue weighted by Crippen LogP contribution is -2.63. The van der Waals surface area contributed by atoms with Crippen molar-refractivity contribution in [3.8, 4) is 0 Å². The number of carbonyl (C=O) groups excluding carboxylic acids is 1. The van der Waals surface area contributed by atoms with E-state index in [1.54, 1.807) is 4.31 Å². The average Bonchev–Trinajstić information content (AvgIpc) is 3.24. The van der Waals surface area contributed by atoms with E-state index in [1.165, 1.54) is 25.5 Å². The highest BCUT2D eigenvalue weighted by Crippen LogP contribution is 2.33. The Hall–Kier alpha value is -0.660. The van der Waals surface area contributed by atoms with Crippen molar-refractivity contribution in [1.82, 2.24) is 14.1 Å². The third-order valence-corrected chi connectivity index (χ3v) is 6.35. The predicted octanol–water partition coefficient (Wildman–Crippen LogP) is 0.355. The van der Waals surface area contributed by atoms with Crippen LogP contribution in [0.15, 0.2) is 0 Å². The van der Waals surface area contributed by atoms with E-state index < -0.39 is 10.0 Å². The summed E-state index contributed by atoms with van der Waals surface area (Å²) in [7, 11) is -3.21. The lowest BCUT2D eigenvalue weighted by molar-refractivity contribution is -0.138. The van der Waals surface area contributed by atoms with E-state index in [4.69, 9.17) is 0 Å². The van der Waals surface area contributed by atoms with Crippen LogP contribution in [-0.4, -0.2) is 80.0 Å². The number of likely N-dealkylation sites (tertiary alicyclic amines) is 2. The molecule has 2 heterocycles. The molecule has 126 valence electrons. The second kappa shape index (κ2) is 6.45. The predicted molar refractivity (Wildman–Crippen MR) is 84.9 cm³/mol. The lowest BCUT2D eigenvalue weighted by atomic mass is 10.1. The van der Waals surface area contributed by atoms with Gasteiger partial charge in [0.25, 0.3) is 0 Å². The van der Waals surface area contributed by atoms with Crippen molar-refractivity contribution < 1.29 is 13.2 Å². The molecular weight excluding hydrogens is 302 g/mol. The molecule has 3 aliphatic rings. The number of rotatable bonds is 6.